The summed E-state index contributed by atoms with van der Waals surface area (Å²) in [4.78, 5) is 12.2. The molecule has 0 aliphatic carbocycles. The predicted octanol–water partition coefficient (Wildman–Crippen LogP) is 3.98. The smallest absolute Gasteiger partial charge is 0.416 e. The van der Waals surface area contributed by atoms with Gasteiger partial charge in [0.25, 0.3) is 5.91 Å². The largest absolute Gasteiger partial charge is 0.507 e. The fourth-order valence-corrected chi connectivity index (χ4v) is 2.04. The molecule has 122 valence electrons. The van der Waals surface area contributed by atoms with E-state index < -0.39 is 17.6 Å². The van der Waals surface area contributed by atoms with Gasteiger partial charge in [0.1, 0.15) is 11.5 Å². The van der Waals surface area contributed by atoms with Crippen molar-refractivity contribution in [3.63, 3.8) is 0 Å². The number of carbonyl (C=O) groups excluding carboxylic acids is 1. The molecule has 2 aromatic rings. The van der Waals surface area contributed by atoms with Crippen LogP contribution in [0.15, 0.2) is 36.4 Å². The zero-order chi connectivity index (χ0) is 17.2. The lowest BCUT2D eigenvalue weighted by Crippen LogP contribution is -2.14. The Morgan fingerprint density at radius 2 is 1.87 bits per heavy atom. The standard InChI is InChI=1S/C16H14F3NO3/c1-9-5-10(16(17,18)19)7-11(6-9)20-15(22)13-8-12(23-2)3-4-14(13)21/h3-8,21H,1-2H3,(H,20,22). The predicted molar refractivity (Wildman–Crippen MR) is 78.8 cm³/mol. The van der Waals surface area contributed by atoms with Crippen LogP contribution < -0.4 is 10.1 Å². The topological polar surface area (TPSA) is 58.6 Å². The summed E-state index contributed by atoms with van der Waals surface area (Å²) < 4.78 is 43.4. The second kappa shape index (κ2) is 6.20. The van der Waals surface area contributed by atoms with Gasteiger partial charge in [0.2, 0.25) is 0 Å². The summed E-state index contributed by atoms with van der Waals surface area (Å²) >= 11 is 0. The minimum Gasteiger partial charge on any atom is -0.507 e. The van der Waals surface area contributed by atoms with Gasteiger partial charge in [-0.2, -0.15) is 13.2 Å². The van der Waals surface area contributed by atoms with E-state index in [1.165, 1.54) is 38.3 Å². The number of rotatable bonds is 3. The molecule has 0 heterocycles. The van der Waals surface area contributed by atoms with Crippen molar-refractivity contribution in [2.24, 2.45) is 0 Å². The van der Waals surface area contributed by atoms with E-state index in [0.717, 1.165) is 12.1 Å². The first kappa shape index (κ1) is 16.7. The van der Waals surface area contributed by atoms with E-state index in [9.17, 15) is 23.1 Å². The van der Waals surface area contributed by atoms with Gasteiger partial charge in [0.15, 0.2) is 0 Å². The van der Waals surface area contributed by atoms with Crippen LogP contribution in [0, 0.1) is 6.92 Å². The molecule has 0 spiro atoms. The van der Waals surface area contributed by atoms with Gasteiger partial charge in [-0.05, 0) is 48.9 Å². The molecule has 0 saturated heterocycles. The van der Waals surface area contributed by atoms with Crippen molar-refractivity contribution in [1.82, 2.24) is 0 Å². The molecule has 0 unspecified atom stereocenters. The quantitative estimate of drug-likeness (QED) is 0.897. The van der Waals surface area contributed by atoms with Crippen molar-refractivity contribution in [1.29, 1.82) is 0 Å². The third-order valence-corrected chi connectivity index (χ3v) is 3.11. The van der Waals surface area contributed by atoms with Crippen LogP contribution in [-0.2, 0) is 6.18 Å². The number of phenolic OH excluding ortho intramolecular Hbond substituents is 1. The number of nitrogens with one attached hydrogen (secondary N) is 1. The third kappa shape index (κ3) is 3.94. The Hall–Kier alpha value is -2.70. The maximum absolute atomic E-state index is 12.8. The maximum Gasteiger partial charge on any atom is 0.416 e. The van der Waals surface area contributed by atoms with Crippen molar-refractivity contribution in [2.75, 3.05) is 12.4 Å². The third-order valence-electron chi connectivity index (χ3n) is 3.11. The molecule has 2 aromatic carbocycles. The van der Waals surface area contributed by atoms with Gasteiger partial charge < -0.3 is 15.2 Å². The van der Waals surface area contributed by atoms with Crippen LogP contribution in [0.25, 0.3) is 0 Å². The van der Waals surface area contributed by atoms with E-state index in [-0.39, 0.29) is 17.0 Å². The number of benzene rings is 2. The van der Waals surface area contributed by atoms with Crippen molar-refractivity contribution < 1.29 is 27.8 Å². The molecule has 23 heavy (non-hydrogen) atoms. The van der Waals surface area contributed by atoms with E-state index in [1.54, 1.807) is 0 Å². The van der Waals surface area contributed by atoms with Crippen molar-refractivity contribution >= 4 is 11.6 Å². The number of hydrogen-bond donors (Lipinski definition) is 2. The average molecular weight is 325 g/mol. The van der Waals surface area contributed by atoms with Crippen LogP contribution in [-0.4, -0.2) is 18.1 Å². The Bertz CT molecular complexity index is 742. The van der Waals surface area contributed by atoms with Gasteiger partial charge in [-0.3, -0.25) is 4.79 Å². The highest BCUT2D eigenvalue weighted by atomic mass is 19.4. The van der Waals surface area contributed by atoms with Crippen LogP contribution in [0.1, 0.15) is 21.5 Å². The lowest BCUT2D eigenvalue weighted by molar-refractivity contribution is -0.137. The zero-order valence-electron chi connectivity index (χ0n) is 12.4. The normalized spacial score (nSPS) is 11.2. The van der Waals surface area contributed by atoms with E-state index in [4.69, 9.17) is 4.74 Å². The number of anilines is 1. The minimum atomic E-state index is -4.51. The molecule has 1 amide bonds. The number of carbonyl (C=O) groups is 1. The summed E-state index contributed by atoms with van der Waals surface area (Å²) in [6.07, 6.45) is -4.51. The summed E-state index contributed by atoms with van der Waals surface area (Å²) in [5.41, 5.74) is -0.614. The molecule has 7 heteroatoms. The number of hydrogen-bond acceptors (Lipinski definition) is 3. The number of aromatic hydroxyl groups is 1. The average Bonchev–Trinajstić information content (AvgIpc) is 2.46. The van der Waals surface area contributed by atoms with Crippen LogP contribution in [0.3, 0.4) is 0 Å². The van der Waals surface area contributed by atoms with Gasteiger partial charge in [-0.15, -0.1) is 0 Å². The molecular formula is C16H14F3NO3. The molecule has 0 bridgehead atoms. The highest BCUT2D eigenvalue weighted by Crippen LogP contribution is 2.32. The Morgan fingerprint density at radius 3 is 2.48 bits per heavy atom. The number of aryl methyl sites for hydroxylation is 1. The number of ether oxygens (including phenoxy) is 1. The molecule has 2 rings (SSSR count). The Kier molecular flexibility index (Phi) is 4.49. The maximum atomic E-state index is 12.8. The van der Waals surface area contributed by atoms with Crippen LogP contribution in [0.2, 0.25) is 0 Å². The monoisotopic (exact) mass is 325 g/mol. The fourth-order valence-electron chi connectivity index (χ4n) is 2.04. The summed E-state index contributed by atoms with van der Waals surface area (Å²) in [5, 5.41) is 12.1. The summed E-state index contributed by atoms with van der Waals surface area (Å²) in [6, 6.07) is 7.25. The lowest BCUT2D eigenvalue weighted by Gasteiger charge is -2.12. The van der Waals surface area contributed by atoms with Gasteiger partial charge in [0, 0.05) is 5.69 Å². The Balaban J connectivity index is 2.32. The molecule has 0 radical (unpaired) electrons. The van der Waals surface area contributed by atoms with Crippen molar-refractivity contribution in [3.05, 3.63) is 53.1 Å². The number of halogens is 3. The summed E-state index contributed by atoms with van der Waals surface area (Å²) in [5.74, 6) is -0.694. The van der Waals surface area contributed by atoms with Gasteiger partial charge in [0.05, 0.1) is 18.2 Å². The first-order chi connectivity index (χ1) is 10.7. The number of methoxy groups -OCH3 is 1. The summed E-state index contributed by atoms with van der Waals surface area (Å²) in [7, 11) is 1.39. The molecule has 0 fully saturated rings. The number of amides is 1. The molecule has 0 atom stereocenters. The molecule has 0 aromatic heterocycles. The van der Waals surface area contributed by atoms with Gasteiger partial charge in [-0.25, -0.2) is 0 Å². The molecule has 4 nitrogen and oxygen atoms in total. The number of phenols is 1. The molecule has 0 aliphatic rings. The first-order valence-corrected chi connectivity index (χ1v) is 6.58. The molecule has 0 saturated carbocycles. The van der Waals surface area contributed by atoms with Crippen LogP contribution >= 0.6 is 0 Å². The number of alkyl halides is 3. The Labute approximate surface area is 130 Å². The highest BCUT2D eigenvalue weighted by molar-refractivity contribution is 6.06. The SMILES string of the molecule is COc1ccc(O)c(C(=O)Nc2cc(C)cc(C(F)(F)F)c2)c1. The Morgan fingerprint density at radius 1 is 1.17 bits per heavy atom. The first-order valence-electron chi connectivity index (χ1n) is 6.58. The molecule has 0 aliphatic heterocycles. The van der Waals surface area contributed by atoms with Crippen molar-refractivity contribution in [3.8, 4) is 11.5 Å². The highest BCUT2D eigenvalue weighted by Gasteiger charge is 2.31. The second-order valence-electron chi connectivity index (χ2n) is 4.92. The van der Waals surface area contributed by atoms with Gasteiger partial charge >= 0.3 is 6.18 Å². The van der Waals surface area contributed by atoms with Gasteiger partial charge in [-0.1, -0.05) is 0 Å². The van der Waals surface area contributed by atoms with E-state index >= 15 is 0 Å². The summed E-state index contributed by atoms with van der Waals surface area (Å²) in [6.45, 7) is 1.49. The molecular weight excluding hydrogens is 311 g/mol. The zero-order valence-corrected chi connectivity index (χ0v) is 12.4. The fraction of sp³-hybridized carbons (Fsp3) is 0.188. The van der Waals surface area contributed by atoms with Crippen molar-refractivity contribution in [2.45, 2.75) is 13.1 Å². The van der Waals surface area contributed by atoms with E-state index in [0.29, 0.717) is 11.3 Å². The van der Waals surface area contributed by atoms with Crippen LogP contribution in [0.4, 0.5) is 18.9 Å². The minimum absolute atomic E-state index is 0.00968. The van der Waals surface area contributed by atoms with Crippen LogP contribution in [0.5, 0.6) is 11.5 Å². The lowest BCUT2D eigenvalue weighted by atomic mass is 10.1. The van der Waals surface area contributed by atoms with E-state index in [1.807, 2.05) is 0 Å². The molecule has 2 N–H and O–H groups in total. The second-order valence-corrected chi connectivity index (χ2v) is 4.92. The van der Waals surface area contributed by atoms with E-state index in [2.05, 4.69) is 5.32 Å².